The molecule has 6 rings (SSSR count). The lowest BCUT2D eigenvalue weighted by molar-refractivity contribution is -0.140. The van der Waals surface area contributed by atoms with Crippen LogP contribution in [0.25, 0.3) is 10.8 Å². The summed E-state index contributed by atoms with van der Waals surface area (Å²) in [6.45, 7) is 1.74. The summed E-state index contributed by atoms with van der Waals surface area (Å²) >= 11 is 0. The minimum atomic E-state index is -1.61. The van der Waals surface area contributed by atoms with Crippen molar-refractivity contribution in [2.24, 2.45) is 10.8 Å². The fourth-order valence-electron chi connectivity index (χ4n) is 5.77. The van der Waals surface area contributed by atoms with Crippen LogP contribution in [-0.2, 0) is 4.79 Å². The molecule has 1 fully saturated rings. The third-order valence-electron chi connectivity index (χ3n) is 7.39. The van der Waals surface area contributed by atoms with Gasteiger partial charge < -0.3 is 4.74 Å². The molecular formula is C29H20O4. The van der Waals surface area contributed by atoms with E-state index in [1.807, 2.05) is 42.5 Å². The molecule has 0 aromatic heterocycles. The zero-order chi connectivity index (χ0) is 22.8. The SMILES string of the molecule is C[C@@]1(C(=O)c2ccccc2)[C@@H]2c3c(ccc4ccccc34)OC(=O)[C@@]21C(=O)c1ccccc1. The molecule has 0 saturated heterocycles. The zero-order valence-corrected chi connectivity index (χ0v) is 17.9. The minimum absolute atomic E-state index is 0.227. The summed E-state index contributed by atoms with van der Waals surface area (Å²) in [5.74, 6) is -1.45. The summed E-state index contributed by atoms with van der Waals surface area (Å²) in [7, 11) is 0. The molecule has 33 heavy (non-hydrogen) atoms. The van der Waals surface area contributed by atoms with Crippen LogP contribution in [-0.4, -0.2) is 17.5 Å². The standard InChI is InChI=1S/C29H20O4/c1-28(25(30)19-11-4-2-5-12-19)24-23-21-15-9-8-10-18(21)16-17-22(23)33-27(32)29(24,28)26(31)20-13-6-3-7-14-20/h2-17,24H,1H3/t24-,28-,29-/m0/s1. The number of hydrogen-bond acceptors (Lipinski definition) is 4. The van der Waals surface area contributed by atoms with Crippen LogP contribution < -0.4 is 4.74 Å². The Labute approximate surface area is 190 Å². The molecule has 0 N–H and O–H groups in total. The van der Waals surface area contributed by atoms with Crippen LogP contribution in [0, 0.1) is 10.8 Å². The van der Waals surface area contributed by atoms with Gasteiger partial charge in [-0.2, -0.15) is 0 Å². The number of fused-ring (bicyclic) bond motifs is 5. The Kier molecular flexibility index (Phi) is 4.00. The van der Waals surface area contributed by atoms with Gasteiger partial charge in [-0.25, -0.2) is 0 Å². The normalized spacial score (nSPS) is 25.0. The molecule has 1 aliphatic heterocycles. The highest BCUT2D eigenvalue weighted by Crippen LogP contribution is 2.79. The van der Waals surface area contributed by atoms with E-state index in [1.54, 1.807) is 61.5 Å². The number of hydrogen-bond donors (Lipinski definition) is 0. The highest BCUT2D eigenvalue weighted by Gasteiger charge is 2.87. The van der Waals surface area contributed by atoms with E-state index in [4.69, 9.17) is 4.74 Å². The van der Waals surface area contributed by atoms with Crippen LogP contribution in [0.15, 0.2) is 97.1 Å². The van der Waals surface area contributed by atoms with Crippen LogP contribution in [0.1, 0.15) is 39.1 Å². The number of rotatable bonds is 4. The lowest BCUT2D eigenvalue weighted by Crippen LogP contribution is -2.39. The van der Waals surface area contributed by atoms with E-state index >= 15 is 0 Å². The summed E-state index contributed by atoms with van der Waals surface area (Å²) in [6.07, 6.45) is 0. The summed E-state index contributed by atoms with van der Waals surface area (Å²) < 4.78 is 5.81. The van der Waals surface area contributed by atoms with Gasteiger partial charge in [-0.15, -0.1) is 0 Å². The summed E-state index contributed by atoms with van der Waals surface area (Å²) in [6, 6.07) is 29.0. The molecule has 3 atom stereocenters. The molecule has 160 valence electrons. The predicted octanol–water partition coefficient (Wildman–Crippen LogP) is 5.61. The largest absolute Gasteiger partial charge is 0.425 e. The van der Waals surface area contributed by atoms with Gasteiger partial charge in [-0.05, 0) is 16.8 Å². The Morgan fingerprint density at radius 1 is 0.727 bits per heavy atom. The van der Waals surface area contributed by atoms with Crippen LogP contribution in [0.4, 0.5) is 0 Å². The number of Topliss-reactive ketones (excluding diaryl/α,β-unsaturated/α-hetero) is 2. The predicted molar refractivity (Wildman–Crippen MR) is 124 cm³/mol. The van der Waals surface area contributed by atoms with E-state index in [1.165, 1.54) is 0 Å². The first-order valence-corrected chi connectivity index (χ1v) is 10.9. The van der Waals surface area contributed by atoms with Crippen molar-refractivity contribution >= 4 is 28.3 Å². The third-order valence-corrected chi connectivity index (χ3v) is 7.39. The highest BCUT2D eigenvalue weighted by atomic mass is 16.5. The van der Waals surface area contributed by atoms with E-state index in [0.29, 0.717) is 16.9 Å². The van der Waals surface area contributed by atoms with Crippen molar-refractivity contribution in [2.45, 2.75) is 12.8 Å². The Morgan fingerprint density at radius 2 is 1.30 bits per heavy atom. The van der Waals surface area contributed by atoms with E-state index in [-0.39, 0.29) is 11.6 Å². The summed E-state index contributed by atoms with van der Waals surface area (Å²) in [4.78, 5) is 41.6. The van der Waals surface area contributed by atoms with Gasteiger partial charge in [-0.1, -0.05) is 97.9 Å². The van der Waals surface area contributed by atoms with E-state index in [2.05, 4.69) is 0 Å². The van der Waals surface area contributed by atoms with Crippen molar-refractivity contribution in [1.82, 2.24) is 0 Å². The molecule has 4 nitrogen and oxygen atoms in total. The van der Waals surface area contributed by atoms with Gasteiger partial charge in [0.1, 0.15) is 5.75 Å². The first-order chi connectivity index (χ1) is 16.0. The van der Waals surface area contributed by atoms with Crippen molar-refractivity contribution in [2.75, 3.05) is 0 Å². The van der Waals surface area contributed by atoms with Crippen LogP contribution in [0.2, 0.25) is 0 Å². The van der Waals surface area contributed by atoms with Crippen LogP contribution in [0.3, 0.4) is 0 Å². The molecule has 2 aliphatic rings. The maximum Gasteiger partial charge on any atom is 0.327 e. The number of carbonyl (C=O) groups excluding carboxylic acids is 3. The molecule has 4 aromatic rings. The number of ether oxygens (including phenoxy) is 1. The van der Waals surface area contributed by atoms with Gasteiger partial charge in [0.05, 0.1) is 5.41 Å². The van der Waals surface area contributed by atoms with E-state index < -0.39 is 22.7 Å². The van der Waals surface area contributed by atoms with Crippen molar-refractivity contribution < 1.29 is 19.1 Å². The average Bonchev–Trinajstić information content (AvgIpc) is 3.46. The Hall–Kier alpha value is -4.05. The molecule has 1 heterocycles. The number of carbonyl (C=O) groups is 3. The van der Waals surface area contributed by atoms with Crippen molar-refractivity contribution in [1.29, 1.82) is 0 Å². The fourth-order valence-corrected chi connectivity index (χ4v) is 5.77. The summed E-state index contributed by atoms with van der Waals surface area (Å²) in [5, 5.41) is 1.86. The molecule has 4 heteroatoms. The second-order valence-electron chi connectivity index (χ2n) is 8.92. The van der Waals surface area contributed by atoms with E-state index in [0.717, 1.165) is 16.3 Å². The van der Waals surface area contributed by atoms with Gasteiger partial charge in [0.2, 0.25) is 0 Å². The molecule has 0 unspecified atom stereocenters. The van der Waals surface area contributed by atoms with Crippen molar-refractivity contribution in [3.63, 3.8) is 0 Å². The zero-order valence-electron chi connectivity index (χ0n) is 17.9. The number of esters is 1. The fraction of sp³-hybridized carbons (Fsp3) is 0.138. The maximum absolute atomic E-state index is 14.0. The maximum atomic E-state index is 14.0. The van der Waals surface area contributed by atoms with Gasteiger partial charge in [0, 0.05) is 22.6 Å². The van der Waals surface area contributed by atoms with Gasteiger partial charge in [0.15, 0.2) is 17.0 Å². The van der Waals surface area contributed by atoms with Crippen molar-refractivity contribution in [3.05, 3.63) is 114 Å². The molecule has 1 aliphatic carbocycles. The summed E-state index contributed by atoms with van der Waals surface area (Å²) in [5.41, 5.74) is -1.26. The molecule has 0 bridgehead atoms. The van der Waals surface area contributed by atoms with Crippen LogP contribution in [0.5, 0.6) is 5.75 Å². The molecule has 4 aromatic carbocycles. The van der Waals surface area contributed by atoms with Gasteiger partial charge in [0.25, 0.3) is 0 Å². The van der Waals surface area contributed by atoms with Gasteiger partial charge in [-0.3, -0.25) is 14.4 Å². The Balaban J connectivity index is 1.64. The Bertz CT molecular complexity index is 1460. The quantitative estimate of drug-likeness (QED) is 0.182. The highest BCUT2D eigenvalue weighted by molar-refractivity contribution is 6.26. The van der Waals surface area contributed by atoms with Gasteiger partial charge >= 0.3 is 5.97 Å². The molecule has 0 amide bonds. The first kappa shape index (κ1) is 19.6. The second kappa shape index (κ2) is 6.72. The number of benzene rings is 4. The average molecular weight is 432 g/mol. The topological polar surface area (TPSA) is 60.4 Å². The monoisotopic (exact) mass is 432 g/mol. The molecule has 1 saturated carbocycles. The van der Waals surface area contributed by atoms with E-state index in [9.17, 15) is 14.4 Å². The van der Waals surface area contributed by atoms with Crippen LogP contribution >= 0.6 is 0 Å². The minimum Gasteiger partial charge on any atom is -0.425 e. The lowest BCUT2D eigenvalue weighted by Gasteiger charge is -2.24. The molecular weight excluding hydrogens is 412 g/mol. The Morgan fingerprint density at radius 3 is 1.97 bits per heavy atom. The molecule has 0 spiro atoms. The first-order valence-electron chi connectivity index (χ1n) is 10.9. The second-order valence-corrected chi connectivity index (χ2v) is 8.92. The number of ketones is 2. The molecule has 0 radical (unpaired) electrons. The third kappa shape index (κ3) is 2.38. The van der Waals surface area contributed by atoms with Crippen molar-refractivity contribution in [3.8, 4) is 5.75 Å². The lowest BCUT2D eigenvalue weighted by atomic mass is 9.82. The smallest absolute Gasteiger partial charge is 0.327 e.